The highest BCUT2D eigenvalue weighted by Crippen LogP contribution is 2.32. The lowest BCUT2D eigenvalue weighted by molar-refractivity contribution is -0.125. The van der Waals surface area contributed by atoms with Gasteiger partial charge in [-0.3, -0.25) is 4.79 Å². The first-order chi connectivity index (χ1) is 12.8. The highest BCUT2D eigenvalue weighted by Gasteiger charge is 2.44. The summed E-state index contributed by atoms with van der Waals surface area (Å²) in [5.74, 6) is 1.47. The summed E-state index contributed by atoms with van der Waals surface area (Å²) in [5, 5.41) is 11.7. The Bertz CT molecular complexity index is 833. The average molecular weight is 382 g/mol. The molecule has 142 valence electrons. The molecule has 6 heteroatoms. The van der Waals surface area contributed by atoms with Crippen LogP contribution in [0.3, 0.4) is 0 Å². The molecular weight excluding hydrogens is 354 g/mol. The average Bonchev–Trinajstić information content (AvgIpc) is 3.05. The van der Waals surface area contributed by atoms with E-state index >= 15 is 0 Å². The SMILES string of the molecule is CC1(C(=O)NCc2cccc(Oc3ccccc3)c2)CC([Si](C)(C)C)N=N1. The zero-order valence-corrected chi connectivity index (χ0v) is 17.4. The van der Waals surface area contributed by atoms with Crippen molar-refractivity contribution in [2.75, 3.05) is 0 Å². The summed E-state index contributed by atoms with van der Waals surface area (Å²) in [6.07, 6.45) is 0.700. The molecule has 0 spiro atoms. The van der Waals surface area contributed by atoms with Crippen LogP contribution in [-0.4, -0.2) is 25.2 Å². The maximum Gasteiger partial charge on any atom is 0.249 e. The zero-order valence-electron chi connectivity index (χ0n) is 16.4. The second-order valence-corrected chi connectivity index (χ2v) is 13.7. The second kappa shape index (κ2) is 7.64. The largest absolute Gasteiger partial charge is 0.457 e. The number of carbonyl (C=O) groups is 1. The molecule has 1 aliphatic heterocycles. The lowest BCUT2D eigenvalue weighted by Gasteiger charge is -2.24. The number of carbonyl (C=O) groups excluding carboxylic acids is 1. The smallest absolute Gasteiger partial charge is 0.249 e. The van der Waals surface area contributed by atoms with Crippen molar-refractivity contribution in [2.24, 2.45) is 10.2 Å². The maximum atomic E-state index is 12.7. The standard InChI is InChI=1S/C21H27N3O2Si/c1-21(14-19(23-24-21)27(2,3)4)20(25)22-15-16-9-8-12-18(13-16)26-17-10-6-5-7-11-17/h5-13,19H,14-15H2,1-4H3,(H,22,25). The minimum absolute atomic E-state index is 0.0682. The Labute approximate surface area is 161 Å². The number of hydrogen-bond donors (Lipinski definition) is 1. The molecule has 27 heavy (non-hydrogen) atoms. The van der Waals surface area contributed by atoms with Crippen LogP contribution >= 0.6 is 0 Å². The molecule has 3 rings (SSSR count). The summed E-state index contributed by atoms with van der Waals surface area (Å²) >= 11 is 0. The van der Waals surface area contributed by atoms with Gasteiger partial charge < -0.3 is 10.1 Å². The third kappa shape index (κ3) is 4.83. The number of nitrogens with zero attached hydrogens (tertiary/aromatic N) is 2. The molecule has 2 aromatic carbocycles. The highest BCUT2D eigenvalue weighted by atomic mass is 28.3. The van der Waals surface area contributed by atoms with Crippen molar-refractivity contribution in [3.63, 3.8) is 0 Å². The Morgan fingerprint density at radius 2 is 1.85 bits per heavy atom. The predicted molar refractivity (Wildman–Crippen MR) is 110 cm³/mol. The molecule has 2 aromatic rings. The maximum absolute atomic E-state index is 12.7. The van der Waals surface area contributed by atoms with Crippen molar-refractivity contribution >= 4 is 14.0 Å². The van der Waals surface area contributed by atoms with Gasteiger partial charge in [0.2, 0.25) is 5.91 Å². The van der Waals surface area contributed by atoms with Crippen molar-refractivity contribution in [3.8, 4) is 11.5 Å². The summed E-state index contributed by atoms with van der Waals surface area (Å²) in [6, 6.07) is 17.4. The molecule has 1 heterocycles. The van der Waals surface area contributed by atoms with E-state index in [4.69, 9.17) is 4.74 Å². The number of azo groups is 1. The van der Waals surface area contributed by atoms with E-state index < -0.39 is 13.6 Å². The molecule has 0 aliphatic carbocycles. The molecular formula is C21H27N3O2Si. The van der Waals surface area contributed by atoms with Crippen LogP contribution in [0.5, 0.6) is 11.5 Å². The number of benzene rings is 2. The van der Waals surface area contributed by atoms with E-state index in [1.165, 1.54) is 0 Å². The molecule has 1 N–H and O–H groups in total. The van der Waals surface area contributed by atoms with Crippen LogP contribution in [0.2, 0.25) is 19.6 Å². The Hall–Kier alpha value is -2.47. The number of para-hydroxylation sites is 1. The number of amides is 1. The normalized spacial score (nSPS) is 21.9. The van der Waals surface area contributed by atoms with Gasteiger partial charge in [-0.1, -0.05) is 50.0 Å². The van der Waals surface area contributed by atoms with Gasteiger partial charge in [-0.15, -0.1) is 0 Å². The summed E-state index contributed by atoms with van der Waals surface area (Å²) in [5.41, 5.74) is 0.427. The van der Waals surface area contributed by atoms with Crippen LogP contribution in [0.25, 0.3) is 0 Å². The highest BCUT2D eigenvalue weighted by molar-refractivity contribution is 6.77. The van der Waals surface area contributed by atoms with Gasteiger partial charge in [0.1, 0.15) is 11.5 Å². The minimum Gasteiger partial charge on any atom is -0.457 e. The Balaban J connectivity index is 1.59. The van der Waals surface area contributed by atoms with Gasteiger partial charge in [0, 0.05) is 13.0 Å². The molecule has 1 aliphatic rings. The van der Waals surface area contributed by atoms with Crippen LogP contribution < -0.4 is 10.1 Å². The van der Waals surface area contributed by atoms with Crippen LogP contribution in [-0.2, 0) is 11.3 Å². The van der Waals surface area contributed by atoms with E-state index in [1.54, 1.807) is 0 Å². The topological polar surface area (TPSA) is 63.0 Å². The van der Waals surface area contributed by atoms with Crippen LogP contribution in [0.4, 0.5) is 0 Å². The molecule has 2 unspecified atom stereocenters. The van der Waals surface area contributed by atoms with Crippen molar-refractivity contribution in [1.82, 2.24) is 5.32 Å². The van der Waals surface area contributed by atoms with E-state index in [-0.39, 0.29) is 11.6 Å². The quantitative estimate of drug-likeness (QED) is 0.719. The molecule has 0 radical (unpaired) electrons. The fourth-order valence-electron chi connectivity index (χ4n) is 2.99. The van der Waals surface area contributed by atoms with Crippen molar-refractivity contribution < 1.29 is 9.53 Å². The monoisotopic (exact) mass is 381 g/mol. The number of nitrogens with one attached hydrogen (secondary N) is 1. The summed E-state index contributed by atoms with van der Waals surface area (Å²) in [6.45, 7) is 9.10. The summed E-state index contributed by atoms with van der Waals surface area (Å²) < 4.78 is 5.86. The molecule has 2 atom stereocenters. The first-order valence-electron chi connectivity index (χ1n) is 9.28. The van der Waals surface area contributed by atoms with E-state index in [1.807, 2.05) is 61.5 Å². The molecule has 5 nitrogen and oxygen atoms in total. The lowest BCUT2D eigenvalue weighted by Crippen LogP contribution is -2.45. The number of rotatable bonds is 6. The van der Waals surface area contributed by atoms with Crippen LogP contribution in [0, 0.1) is 0 Å². The first-order valence-corrected chi connectivity index (χ1v) is 12.9. The van der Waals surface area contributed by atoms with Gasteiger partial charge in [-0.25, -0.2) is 0 Å². The predicted octanol–water partition coefficient (Wildman–Crippen LogP) is 4.96. The summed E-state index contributed by atoms with van der Waals surface area (Å²) in [4.78, 5) is 12.7. The third-order valence-electron chi connectivity index (χ3n) is 4.83. The van der Waals surface area contributed by atoms with Gasteiger partial charge in [-0.2, -0.15) is 10.2 Å². The van der Waals surface area contributed by atoms with Crippen molar-refractivity contribution in [3.05, 3.63) is 60.2 Å². The first kappa shape index (κ1) is 19.3. The molecule has 0 aromatic heterocycles. The molecule has 1 amide bonds. The fourth-order valence-corrected chi connectivity index (χ4v) is 4.40. The van der Waals surface area contributed by atoms with Crippen molar-refractivity contribution in [2.45, 2.75) is 50.7 Å². The van der Waals surface area contributed by atoms with Gasteiger partial charge in [0.05, 0.1) is 13.7 Å². The third-order valence-corrected chi connectivity index (χ3v) is 7.15. The summed E-state index contributed by atoms with van der Waals surface area (Å²) in [7, 11) is -1.45. The Morgan fingerprint density at radius 1 is 1.15 bits per heavy atom. The second-order valence-electron chi connectivity index (χ2n) is 8.32. The molecule has 0 fully saturated rings. The van der Waals surface area contributed by atoms with E-state index in [0.717, 1.165) is 17.1 Å². The van der Waals surface area contributed by atoms with E-state index in [2.05, 4.69) is 35.2 Å². The minimum atomic E-state index is -1.45. The lowest BCUT2D eigenvalue weighted by atomic mass is 9.99. The van der Waals surface area contributed by atoms with Crippen LogP contribution in [0.15, 0.2) is 64.8 Å². The van der Waals surface area contributed by atoms with Crippen molar-refractivity contribution in [1.29, 1.82) is 0 Å². The van der Waals surface area contributed by atoms with E-state index in [9.17, 15) is 4.79 Å². The van der Waals surface area contributed by atoms with Gasteiger partial charge in [-0.05, 0) is 36.8 Å². The molecule has 0 bridgehead atoms. The Morgan fingerprint density at radius 3 is 2.52 bits per heavy atom. The molecule has 0 saturated carbocycles. The van der Waals surface area contributed by atoms with Gasteiger partial charge in [0.25, 0.3) is 0 Å². The zero-order chi connectivity index (χ0) is 19.5. The Kier molecular flexibility index (Phi) is 5.46. The fraction of sp³-hybridized carbons (Fsp3) is 0.381. The van der Waals surface area contributed by atoms with Gasteiger partial charge >= 0.3 is 0 Å². The van der Waals surface area contributed by atoms with Crippen LogP contribution in [0.1, 0.15) is 18.9 Å². The number of ether oxygens (including phenoxy) is 1. The van der Waals surface area contributed by atoms with Gasteiger partial charge in [0.15, 0.2) is 5.54 Å². The number of hydrogen-bond acceptors (Lipinski definition) is 4. The molecule has 0 saturated heterocycles. The van der Waals surface area contributed by atoms with E-state index in [0.29, 0.717) is 13.0 Å².